The number of hydrogen-bond donors (Lipinski definition) is 1. The molecule has 1 heterocycles. The van der Waals surface area contributed by atoms with Crippen molar-refractivity contribution in [1.82, 2.24) is 5.32 Å². The molecule has 7 nitrogen and oxygen atoms in total. The van der Waals surface area contributed by atoms with Crippen LogP contribution in [0.5, 0.6) is 0 Å². The van der Waals surface area contributed by atoms with Gasteiger partial charge in [-0.15, -0.1) is 0 Å². The van der Waals surface area contributed by atoms with E-state index in [9.17, 15) is 9.59 Å². The molecule has 1 N–H and O–H groups in total. The van der Waals surface area contributed by atoms with Gasteiger partial charge in [-0.05, 0) is 58.2 Å². The summed E-state index contributed by atoms with van der Waals surface area (Å²) < 4.78 is 23.9. The second-order valence-corrected chi connectivity index (χ2v) is 10.9. The Morgan fingerprint density at radius 1 is 1.00 bits per heavy atom. The zero-order chi connectivity index (χ0) is 23.6. The van der Waals surface area contributed by atoms with Gasteiger partial charge >= 0.3 is 14.8 Å². The van der Waals surface area contributed by atoms with Gasteiger partial charge in [-0.1, -0.05) is 36.4 Å². The van der Waals surface area contributed by atoms with Crippen molar-refractivity contribution in [2.75, 3.05) is 26.4 Å². The number of allylic oxidation sites excluding steroid dienone is 2. The van der Waals surface area contributed by atoms with Crippen LogP contribution in [0.4, 0.5) is 0 Å². The Balaban J connectivity index is 2.40. The highest BCUT2D eigenvalue weighted by atomic mass is 28.4. The van der Waals surface area contributed by atoms with Gasteiger partial charge in [0.05, 0.1) is 11.5 Å². The molecule has 1 aliphatic heterocycles. The molecule has 1 aromatic carbocycles. The monoisotopic (exact) mass is 463 g/mol. The predicted octanol–water partition coefficient (Wildman–Crippen LogP) is 4.11. The maximum Gasteiger partial charge on any atom is 0.532 e. The first kappa shape index (κ1) is 26.3. The molecule has 178 valence electrons. The summed E-state index contributed by atoms with van der Waals surface area (Å²) in [5, 5.41) is 3.85. The summed E-state index contributed by atoms with van der Waals surface area (Å²) in [5.41, 5.74) is 0.140. The maximum absolute atomic E-state index is 12.9. The molecule has 1 atom stereocenters. The molecule has 1 amide bonds. The number of rotatable bonds is 8. The third-order valence-electron chi connectivity index (χ3n) is 5.35. The quantitative estimate of drug-likeness (QED) is 0.461. The van der Waals surface area contributed by atoms with Crippen LogP contribution in [0.15, 0.2) is 41.6 Å². The average molecular weight is 464 g/mol. The normalized spacial score (nSPS) is 20.4. The molecule has 0 bridgehead atoms. The van der Waals surface area contributed by atoms with E-state index >= 15 is 0 Å². The molecule has 32 heavy (non-hydrogen) atoms. The lowest BCUT2D eigenvalue weighted by Gasteiger charge is -2.32. The first-order valence-corrected chi connectivity index (χ1v) is 13.1. The van der Waals surface area contributed by atoms with Gasteiger partial charge in [-0.25, -0.2) is 0 Å². The topological polar surface area (TPSA) is 83.1 Å². The third kappa shape index (κ3) is 7.00. The van der Waals surface area contributed by atoms with Gasteiger partial charge in [0.15, 0.2) is 0 Å². The highest BCUT2D eigenvalue weighted by Crippen LogP contribution is 2.31. The van der Waals surface area contributed by atoms with Crippen LogP contribution in [-0.4, -0.2) is 47.1 Å². The summed E-state index contributed by atoms with van der Waals surface area (Å²) in [4.78, 5) is 25.7. The molecular formula is C24H37NO6Si. The van der Waals surface area contributed by atoms with Crippen molar-refractivity contribution in [2.45, 2.75) is 59.9 Å². The predicted molar refractivity (Wildman–Crippen MR) is 125 cm³/mol. The number of esters is 1. The van der Waals surface area contributed by atoms with Crippen molar-refractivity contribution < 1.29 is 27.6 Å². The van der Waals surface area contributed by atoms with E-state index in [4.69, 9.17) is 18.0 Å². The number of benzene rings is 1. The lowest BCUT2D eigenvalue weighted by Crippen LogP contribution is -2.49. The number of carbonyl (C=O) groups is 2. The van der Waals surface area contributed by atoms with Crippen molar-refractivity contribution in [2.24, 2.45) is 5.41 Å². The van der Waals surface area contributed by atoms with Crippen molar-refractivity contribution in [3.05, 3.63) is 47.2 Å². The number of carbonyl (C=O) groups excluding carboxylic acids is 2. The molecule has 0 aromatic heterocycles. The first-order chi connectivity index (χ1) is 15.3. The summed E-state index contributed by atoms with van der Waals surface area (Å²) in [5.74, 6) is -0.451. The van der Waals surface area contributed by atoms with E-state index in [1.807, 2.05) is 71.0 Å². The van der Waals surface area contributed by atoms with E-state index < -0.39 is 20.3 Å². The molecule has 0 fully saturated rings. The van der Waals surface area contributed by atoms with Gasteiger partial charge in [-0.3, -0.25) is 9.59 Å². The van der Waals surface area contributed by atoms with E-state index in [0.29, 0.717) is 32.7 Å². The van der Waals surface area contributed by atoms with E-state index in [0.717, 1.165) is 10.8 Å². The SMILES string of the molecule is CCO[Si](OCC)(OCC)C1=CCC(C)(C)C(=O)OCC(c2ccccc2)NC(=O)CC1. The molecule has 1 aromatic rings. The maximum atomic E-state index is 12.9. The molecular weight excluding hydrogens is 426 g/mol. The van der Waals surface area contributed by atoms with Crippen LogP contribution < -0.4 is 5.32 Å². The summed E-state index contributed by atoms with van der Waals surface area (Å²) in [7, 11) is -3.18. The van der Waals surface area contributed by atoms with Gasteiger partial charge in [0.25, 0.3) is 0 Å². The van der Waals surface area contributed by atoms with E-state index in [2.05, 4.69) is 5.32 Å². The fourth-order valence-electron chi connectivity index (χ4n) is 3.59. The molecule has 1 unspecified atom stereocenters. The Labute approximate surface area is 192 Å². The number of cyclic esters (lactones) is 1. The molecule has 0 aliphatic carbocycles. The Hall–Kier alpha value is -2.00. The summed E-state index contributed by atoms with van der Waals surface area (Å²) >= 11 is 0. The molecule has 0 radical (unpaired) electrons. The third-order valence-corrected chi connectivity index (χ3v) is 8.59. The number of nitrogens with one attached hydrogen (secondary N) is 1. The van der Waals surface area contributed by atoms with E-state index in [1.165, 1.54) is 0 Å². The minimum Gasteiger partial charge on any atom is -0.463 e. The van der Waals surface area contributed by atoms with Crippen LogP contribution in [0.25, 0.3) is 0 Å². The lowest BCUT2D eigenvalue weighted by atomic mass is 9.89. The smallest absolute Gasteiger partial charge is 0.463 e. The largest absolute Gasteiger partial charge is 0.532 e. The number of ether oxygens (including phenoxy) is 1. The highest BCUT2D eigenvalue weighted by Gasteiger charge is 2.45. The minimum absolute atomic E-state index is 0.0874. The zero-order valence-corrected chi connectivity index (χ0v) is 20.9. The molecule has 2 rings (SSSR count). The summed E-state index contributed by atoms with van der Waals surface area (Å²) in [6.45, 7) is 10.8. The van der Waals surface area contributed by atoms with Crippen LogP contribution in [0, 0.1) is 5.41 Å². The highest BCUT2D eigenvalue weighted by molar-refractivity contribution is 6.68. The van der Waals surface area contributed by atoms with Crippen LogP contribution in [0.1, 0.15) is 65.5 Å². The van der Waals surface area contributed by atoms with E-state index in [1.54, 1.807) is 0 Å². The fourth-order valence-corrected chi connectivity index (χ4v) is 6.32. The van der Waals surface area contributed by atoms with Gasteiger partial charge < -0.3 is 23.3 Å². The van der Waals surface area contributed by atoms with Crippen LogP contribution >= 0.6 is 0 Å². The van der Waals surface area contributed by atoms with Crippen LogP contribution in [-0.2, 0) is 27.6 Å². The molecule has 0 spiro atoms. The van der Waals surface area contributed by atoms with Gasteiger partial charge in [0.2, 0.25) is 5.91 Å². The van der Waals surface area contributed by atoms with Gasteiger partial charge in [-0.2, -0.15) is 0 Å². The average Bonchev–Trinajstić information content (AvgIpc) is 2.76. The lowest BCUT2D eigenvalue weighted by molar-refractivity contribution is -0.155. The number of amides is 1. The Morgan fingerprint density at radius 2 is 1.59 bits per heavy atom. The molecule has 8 heteroatoms. The van der Waals surface area contributed by atoms with Crippen LogP contribution in [0.2, 0.25) is 0 Å². The second kappa shape index (κ2) is 12.3. The molecule has 1 aliphatic rings. The van der Waals surface area contributed by atoms with Gasteiger partial charge in [0.1, 0.15) is 6.61 Å². The van der Waals surface area contributed by atoms with Crippen molar-refractivity contribution in [3.8, 4) is 0 Å². The van der Waals surface area contributed by atoms with E-state index in [-0.39, 0.29) is 24.9 Å². The molecule has 0 saturated heterocycles. The summed E-state index contributed by atoms with van der Waals surface area (Å²) in [6, 6.07) is 9.12. The summed E-state index contributed by atoms with van der Waals surface area (Å²) in [6.07, 6.45) is 3.08. The van der Waals surface area contributed by atoms with Gasteiger partial charge in [0, 0.05) is 26.2 Å². The van der Waals surface area contributed by atoms with Crippen molar-refractivity contribution in [1.29, 1.82) is 0 Å². The standard InChI is InChI=1S/C24H37NO6Si/c1-6-29-32(30-7-2,31-8-3)20-14-15-22(26)25-21(19-12-10-9-11-13-19)18-28-23(27)24(4,5)17-16-20/h9-13,16,21H,6-8,14-15,17-18H2,1-5H3,(H,25,26). The zero-order valence-electron chi connectivity index (χ0n) is 19.9. The second-order valence-electron chi connectivity index (χ2n) is 8.30. The first-order valence-electron chi connectivity index (χ1n) is 11.4. The Morgan fingerprint density at radius 3 is 2.16 bits per heavy atom. The number of hydrogen-bond acceptors (Lipinski definition) is 6. The fraction of sp³-hybridized carbons (Fsp3) is 0.583. The van der Waals surface area contributed by atoms with Crippen LogP contribution in [0.3, 0.4) is 0 Å². The van der Waals surface area contributed by atoms with Crippen molar-refractivity contribution in [3.63, 3.8) is 0 Å². The molecule has 0 saturated carbocycles. The van der Waals surface area contributed by atoms with Crippen molar-refractivity contribution >= 4 is 20.7 Å². The Kier molecular flexibility index (Phi) is 10.1. The Bertz CT molecular complexity index is 763. The minimum atomic E-state index is -3.18.